The Balaban J connectivity index is 1.68. The Kier molecular flexibility index (Phi) is 5.96. The van der Waals surface area contributed by atoms with Crippen molar-refractivity contribution < 1.29 is 13.2 Å². The third-order valence-electron chi connectivity index (χ3n) is 3.96. The van der Waals surface area contributed by atoms with Gasteiger partial charge in [0.1, 0.15) is 0 Å². The van der Waals surface area contributed by atoms with E-state index in [-0.39, 0.29) is 10.8 Å². The molecular weight excluding hydrogens is 388 g/mol. The summed E-state index contributed by atoms with van der Waals surface area (Å²) < 4.78 is 25.7. The first kappa shape index (κ1) is 19.3. The van der Waals surface area contributed by atoms with E-state index < -0.39 is 10.0 Å². The smallest absolute Gasteiger partial charge is 0.255 e. The minimum Gasteiger partial charge on any atom is -0.322 e. The second-order valence-corrected chi connectivity index (χ2v) is 10.8. The lowest BCUT2D eigenvalue weighted by atomic mass is 10.1. The minimum atomic E-state index is -3.47. The second kappa shape index (κ2) is 8.04. The van der Waals surface area contributed by atoms with Gasteiger partial charge in [-0.05, 0) is 42.0 Å². The maximum absolute atomic E-state index is 12.4. The van der Waals surface area contributed by atoms with E-state index >= 15 is 0 Å². The van der Waals surface area contributed by atoms with Crippen LogP contribution < -0.4 is 5.32 Å². The molecule has 1 aliphatic heterocycles. The van der Waals surface area contributed by atoms with Crippen LogP contribution in [0.15, 0.2) is 53.4 Å². The third-order valence-corrected chi connectivity index (χ3v) is 8.89. The number of nitrogens with zero attached hydrogens (tertiary/aromatic N) is 1. The monoisotopic (exact) mass is 408 g/mol. The van der Waals surface area contributed by atoms with Crippen molar-refractivity contribution in [2.24, 2.45) is 0 Å². The zero-order chi connectivity index (χ0) is 18.7. The van der Waals surface area contributed by atoms with Crippen LogP contribution in [0.25, 0.3) is 0 Å². The van der Waals surface area contributed by atoms with Crippen molar-refractivity contribution in [3.05, 3.63) is 59.7 Å². The standard InChI is InChI=1S/C18H20N2O3S3/c1-20(2)26(22,23)16-9-7-15(8-10-16)19-17(21)13-3-5-14(6-4-13)18-24-11-12-25-18/h3-10,18H,11-12H2,1-2H3,(H,19,21). The first-order chi connectivity index (χ1) is 12.4. The Bertz CT molecular complexity index is 873. The molecule has 0 saturated carbocycles. The number of thioether (sulfide) groups is 2. The number of carbonyl (C=O) groups is 1. The molecule has 3 rings (SSSR count). The molecule has 1 heterocycles. The fourth-order valence-corrected chi connectivity index (χ4v) is 6.23. The fourth-order valence-electron chi connectivity index (χ4n) is 2.47. The van der Waals surface area contributed by atoms with E-state index in [1.165, 1.54) is 31.8 Å². The van der Waals surface area contributed by atoms with E-state index in [4.69, 9.17) is 0 Å². The molecular formula is C18H20N2O3S3. The Morgan fingerprint density at radius 2 is 1.58 bits per heavy atom. The molecule has 0 aromatic heterocycles. The molecule has 26 heavy (non-hydrogen) atoms. The van der Waals surface area contributed by atoms with Crippen LogP contribution in [-0.4, -0.2) is 44.2 Å². The summed E-state index contributed by atoms with van der Waals surface area (Å²) in [7, 11) is -0.504. The Labute approximate surface area is 162 Å². The summed E-state index contributed by atoms with van der Waals surface area (Å²) in [5, 5.41) is 2.80. The summed E-state index contributed by atoms with van der Waals surface area (Å²) in [6, 6.07) is 13.8. The third kappa shape index (κ3) is 4.25. The quantitative estimate of drug-likeness (QED) is 0.818. The van der Waals surface area contributed by atoms with Crippen molar-refractivity contribution in [3.8, 4) is 0 Å². The number of sulfonamides is 1. The summed E-state index contributed by atoms with van der Waals surface area (Å²) in [6.45, 7) is 0. The second-order valence-electron chi connectivity index (χ2n) is 5.96. The lowest BCUT2D eigenvalue weighted by Crippen LogP contribution is -2.22. The molecule has 1 aliphatic rings. The normalized spacial score (nSPS) is 15.3. The van der Waals surface area contributed by atoms with Gasteiger partial charge in [0.25, 0.3) is 5.91 Å². The predicted molar refractivity (Wildman–Crippen MR) is 109 cm³/mol. The van der Waals surface area contributed by atoms with Gasteiger partial charge in [0.2, 0.25) is 10.0 Å². The SMILES string of the molecule is CN(C)S(=O)(=O)c1ccc(NC(=O)c2ccc(C3SCCS3)cc2)cc1. The molecule has 138 valence electrons. The van der Waals surface area contributed by atoms with Crippen LogP contribution in [0.4, 0.5) is 5.69 Å². The zero-order valence-corrected chi connectivity index (χ0v) is 17.0. The number of amides is 1. The molecule has 1 saturated heterocycles. The van der Waals surface area contributed by atoms with Gasteiger partial charge in [0.05, 0.1) is 9.48 Å². The number of hydrogen-bond acceptors (Lipinski definition) is 5. The Morgan fingerprint density at radius 1 is 1.00 bits per heavy atom. The summed E-state index contributed by atoms with van der Waals surface area (Å²) in [4.78, 5) is 12.6. The minimum absolute atomic E-state index is 0.191. The van der Waals surface area contributed by atoms with Crippen molar-refractivity contribution in [1.29, 1.82) is 0 Å². The zero-order valence-electron chi connectivity index (χ0n) is 14.5. The van der Waals surface area contributed by atoms with Crippen molar-refractivity contribution in [2.45, 2.75) is 9.48 Å². The highest BCUT2D eigenvalue weighted by Crippen LogP contribution is 2.45. The van der Waals surface area contributed by atoms with Crippen LogP contribution in [0.1, 0.15) is 20.5 Å². The first-order valence-corrected chi connectivity index (χ1v) is 11.6. The molecule has 0 bridgehead atoms. The van der Waals surface area contributed by atoms with E-state index in [0.29, 0.717) is 15.8 Å². The molecule has 0 aliphatic carbocycles. The molecule has 1 N–H and O–H groups in total. The highest BCUT2D eigenvalue weighted by molar-refractivity contribution is 8.19. The largest absolute Gasteiger partial charge is 0.322 e. The van der Waals surface area contributed by atoms with Gasteiger partial charge in [-0.2, -0.15) is 0 Å². The van der Waals surface area contributed by atoms with E-state index in [0.717, 1.165) is 15.8 Å². The number of benzene rings is 2. The van der Waals surface area contributed by atoms with E-state index in [2.05, 4.69) is 5.32 Å². The van der Waals surface area contributed by atoms with Gasteiger partial charge in [-0.1, -0.05) is 12.1 Å². The number of anilines is 1. The summed E-state index contributed by atoms with van der Waals surface area (Å²) in [5.74, 6) is 2.11. The van der Waals surface area contributed by atoms with Crippen LogP contribution >= 0.6 is 23.5 Å². The summed E-state index contributed by atoms with van der Waals surface area (Å²) >= 11 is 3.85. The number of rotatable bonds is 5. The first-order valence-electron chi connectivity index (χ1n) is 8.05. The van der Waals surface area contributed by atoms with E-state index in [9.17, 15) is 13.2 Å². The molecule has 0 radical (unpaired) electrons. The number of nitrogens with one attached hydrogen (secondary N) is 1. The van der Waals surface area contributed by atoms with Crippen molar-refractivity contribution >= 4 is 45.1 Å². The van der Waals surface area contributed by atoms with Gasteiger partial charge in [-0.15, -0.1) is 23.5 Å². The topological polar surface area (TPSA) is 66.5 Å². The van der Waals surface area contributed by atoms with Crippen LogP contribution in [0.2, 0.25) is 0 Å². The van der Waals surface area contributed by atoms with Gasteiger partial charge in [0, 0.05) is 36.9 Å². The molecule has 0 unspecified atom stereocenters. The molecule has 0 spiro atoms. The van der Waals surface area contributed by atoms with Gasteiger partial charge in [-0.25, -0.2) is 12.7 Å². The van der Waals surface area contributed by atoms with E-state index in [1.807, 2.05) is 47.8 Å². The van der Waals surface area contributed by atoms with Crippen molar-refractivity contribution in [2.75, 3.05) is 30.9 Å². The molecule has 1 amide bonds. The molecule has 5 nitrogen and oxygen atoms in total. The van der Waals surface area contributed by atoms with Crippen molar-refractivity contribution in [3.63, 3.8) is 0 Å². The molecule has 0 atom stereocenters. The fraction of sp³-hybridized carbons (Fsp3) is 0.278. The van der Waals surface area contributed by atoms with Crippen molar-refractivity contribution in [1.82, 2.24) is 4.31 Å². The molecule has 2 aromatic rings. The van der Waals surface area contributed by atoms with Gasteiger partial charge in [0.15, 0.2) is 0 Å². The van der Waals surface area contributed by atoms with Crippen LogP contribution in [0, 0.1) is 0 Å². The van der Waals surface area contributed by atoms with Crippen LogP contribution in [0.3, 0.4) is 0 Å². The lowest BCUT2D eigenvalue weighted by Gasteiger charge is -2.12. The maximum Gasteiger partial charge on any atom is 0.255 e. The van der Waals surface area contributed by atoms with Gasteiger partial charge in [-0.3, -0.25) is 4.79 Å². The average molecular weight is 409 g/mol. The van der Waals surface area contributed by atoms with E-state index in [1.54, 1.807) is 12.1 Å². The maximum atomic E-state index is 12.4. The molecule has 2 aromatic carbocycles. The molecule has 1 fully saturated rings. The highest BCUT2D eigenvalue weighted by Gasteiger charge is 2.19. The van der Waals surface area contributed by atoms with Gasteiger partial charge < -0.3 is 5.32 Å². The average Bonchev–Trinajstić information content (AvgIpc) is 3.17. The highest BCUT2D eigenvalue weighted by atomic mass is 32.2. The van der Waals surface area contributed by atoms with Crippen LogP contribution in [0.5, 0.6) is 0 Å². The lowest BCUT2D eigenvalue weighted by molar-refractivity contribution is 0.102. The summed E-state index contributed by atoms with van der Waals surface area (Å²) in [5.41, 5.74) is 2.36. The predicted octanol–water partition coefficient (Wildman–Crippen LogP) is 3.67. The summed E-state index contributed by atoms with van der Waals surface area (Å²) in [6.07, 6.45) is 0. The van der Waals surface area contributed by atoms with Crippen LogP contribution in [-0.2, 0) is 10.0 Å². The Morgan fingerprint density at radius 3 is 2.12 bits per heavy atom. The molecule has 8 heteroatoms. The number of hydrogen-bond donors (Lipinski definition) is 1. The Hall–Kier alpha value is -1.48. The van der Waals surface area contributed by atoms with Gasteiger partial charge >= 0.3 is 0 Å². The number of carbonyl (C=O) groups excluding carboxylic acids is 1.